The number of nitrogens with zero attached hydrogens (tertiary/aromatic N) is 4. The maximum Gasteiger partial charge on any atom is 0.330 e. The highest BCUT2D eigenvalue weighted by atomic mass is 32.2. The molecule has 35 heavy (non-hydrogen) atoms. The van der Waals surface area contributed by atoms with Crippen molar-refractivity contribution < 1.29 is 14.6 Å². The highest BCUT2D eigenvalue weighted by molar-refractivity contribution is 7.99. The second-order valence-corrected chi connectivity index (χ2v) is 10.5. The van der Waals surface area contributed by atoms with Crippen molar-refractivity contribution >= 4 is 17.5 Å². The number of Topliss-reactive ketones (excluding diaryl/α,β-unsaturated/α-hetero) is 1. The Labute approximate surface area is 210 Å². The molecule has 0 radical (unpaired) electrons. The Morgan fingerprint density at radius 2 is 1.86 bits per heavy atom. The van der Waals surface area contributed by atoms with Crippen LogP contribution >= 0.6 is 11.8 Å². The van der Waals surface area contributed by atoms with Crippen molar-refractivity contribution in [3.63, 3.8) is 0 Å². The fourth-order valence-corrected chi connectivity index (χ4v) is 5.02. The van der Waals surface area contributed by atoms with Gasteiger partial charge in [-0.15, -0.1) is 0 Å². The summed E-state index contributed by atoms with van der Waals surface area (Å²) in [5.41, 5.74) is 8.06. The number of hydrogen-bond acceptors (Lipinski definition) is 7. The van der Waals surface area contributed by atoms with Crippen molar-refractivity contribution in [1.29, 1.82) is 0 Å². The van der Waals surface area contributed by atoms with Crippen LogP contribution in [0.15, 0.2) is 20.9 Å². The first-order valence-corrected chi connectivity index (χ1v) is 13.8. The number of aromatic amines is 1. The summed E-state index contributed by atoms with van der Waals surface area (Å²) >= 11 is 2.00. The zero-order valence-electron chi connectivity index (χ0n) is 20.9. The van der Waals surface area contributed by atoms with Gasteiger partial charge in [0.05, 0.1) is 6.04 Å². The predicted octanol–water partition coefficient (Wildman–Crippen LogP) is 4.40. The number of carbonyl (C=O) groups is 1. The van der Waals surface area contributed by atoms with E-state index in [2.05, 4.69) is 21.9 Å². The van der Waals surface area contributed by atoms with Crippen LogP contribution < -0.4 is 11.2 Å². The number of aliphatic hydroxyl groups is 1. The number of azide groups is 1. The molecule has 11 heteroatoms. The van der Waals surface area contributed by atoms with Gasteiger partial charge >= 0.3 is 5.69 Å². The largest absolute Gasteiger partial charge is 0.383 e. The minimum atomic E-state index is -1.44. The Morgan fingerprint density at radius 1 is 1.23 bits per heavy atom. The molecule has 0 aromatic carbocycles. The number of unbranched alkanes of at least 4 members (excludes halogenated alkanes) is 8. The molecule has 196 valence electrons. The van der Waals surface area contributed by atoms with Gasteiger partial charge in [-0.1, -0.05) is 57.0 Å². The van der Waals surface area contributed by atoms with Gasteiger partial charge in [-0.25, -0.2) is 4.79 Å². The van der Waals surface area contributed by atoms with Gasteiger partial charge in [0.1, 0.15) is 18.4 Å². The lowest BCUT2D eigenvalue weighted by molar-refractivity contribution is -0.137. The van der Waals surface area contributed by atoms with E-state index < -0.39 is 35.7 Å². The Hall–Kier alpha value is -2.07. The lowest BCUT2D eigenvalue weighted by Gasteiger charge is -2.21. The third kappa shape index (κ3) is 9.48. The summed E-state index contributed by atoms with van der Waals surface area (Å²) in [6.45, 7) is 3.75. The number of ketones is 1. The number of rotatable bonds is 17. The molecule has 0 bridgehead atoms. The maximum absolute atomic E-state index is 12.6. The van der Waals surface area contributed by atoms with Gasteiger partial charge in [-0.05, 0) is 36.8 Å². The van der Waals surface area contributed by atoms with Gasteiger partial charge in [0, 0.05) is 29.5 Å². The standard InChI is InChI=1S/C24H39N5O5S/c1-3-35-14-12-10-8-6-4-5-7-9-11-13-19(30)21(31)22-18(27-28-25)15-20(34-22)29-16-17(2)23(32)26-24(29)33/h16,18,20-22,31H,3-15H2,1-2H3,(H,26,32,33)/t18-,20+,21?,22-/m0/s1. The number of hydrogen-bond donors (Lipinski definition) is 2. The molecule has 1 aliphatic rings. The molecule has 0 amide bonds. The zero-order valence-corrected chi connectivity index (χ0v) is 21.7. The highest BCUT2D eigenvalue weighted by Crippen LogP contribution is 2.32. The maximum atomic E-state index is 12.6. The van der Waals surface area contributed by atoms with Crippen LogP contribution in [-0.4, -0.2) is 50.2 Å². The Kier molecular flexibility index (Phi) is 13.2. The van der Waals surface area contributed by atoms with Crippen LogP contribution in [0.3, 0.4) is 0 Å². The number of thioether (sulfide) groups is 1. The Morgan fingerprint density at radius 3 is 2.49 bits per heavy atom. The van der Waals surface area contributed by atoms with Crippen LogP contribution in [0.4, 0.5) is 0 Å². The SMILES string of the molecule is CCSCCCCCCCCCCCC(=O)C(O)[C@H]1O[C@@H](n2cc(C)c(=O)[nH]c2=O)C[C@@H]1N=[N+]=[N-]. The summed E-state index contributed by atoms with van der Waals surface area (Å²) in [6.07, 6.45) is 8.54. The van der Waals surface area contributed by atoms with Crippen LogP contribution in [-0.2, 0) is 9.53 Å². The van der Waals surface area contributed by atoms with E-state index in [0.29, 0.717) is 12.0 Å². The molecule has 2 N–H and O–H groups in total. The molecule has 2 heterocycles. The van der Waals surface area contributed by atoms with Crippen molar-refractivity contribution in [2.24, 2.45) is 5.11 Å². The topological polar surface area (TPSA) is 150 Å². The van der Waals surface area contributed by atoms with E-state index in [9.17, 15) is 19.5 Å². The summed E-state index contributed by atoms with van der Waals surface area (Å²) in [6, 6.07) is -0.802. The molecule has 1 unspecified atom stereocenters. The number of H-pyrrole nitrogens is 1. The molecule has 10 nitrogen and oxygen atoms in total. The number of aliphatic hydroxyl groups excluding tert-OH is 1. The Bertz CT molecular complexity index is 958. The normalized spacial score (nSPS) is 20.5. The van der Waals surface area contributed by atoms with Crippen LogP contribution in [0.25, 0.3) is 10.4 Å². The number of aryl methyl sites for hydroxylation is 1. The number of carbonyl (C=O) groups excluding carboxylic acids is 1. The van der Waals surface area contributed by atoms with E-state index in [1.165, 1.54) is 54.4 Å². The van der Waals surface area contributed by atoms with E-state index in [-0.39, 0.29) is 18.6 Å². The number of aromatic nitrogens is 2. The highest BCUT2D eigenvalue weighted by Gasteiger charge is 2.42. The molecule has 0 saturated carbocycles. The van der Waals surface area contributed by atoms with Crippen LogP contribution in [0.5, 0.6) is 0 Å². The summed E-state index contributed by atoms with van der Waals surface area (Å²) in [4.78, 5) is 41.4. The van der Waals surface area contributed by atoms with Crippen molar-refractivity contribution in [2.45, 2.75) is 109 Å². The molecule has 1 aliphatic heterocycles. The number of nitrogens with one attached hydrogen (secondary N) is 1. The molecule has 4 atom stereocenters. The second kappa shape index (κ2) is 15.8. The third-order valence-corrected chi connectivity index (χ3v) is 7.34. The van der Waals surface area contributed by atoms with Crippen LogP contribution in [0.2, 0.25) is 0 Å². The molecule has 1 aromatic rings. The van der Waals surface area contributed by atoms with Gasteiger partial charge < -0.3 is 9.84 Å². The smallest absolute Gasteiger partial charge is 0.330 e. The van der Waals surface area contributed by atoms with Gasteiger partial charge in [-0.2, -0.15) is 11.8 Å². The molecular weight excluding hydrogens is 470 g/mol. The first kappa shape index (κ1) is 29.2. The minimum absolute atomic E-state index is 0.113. The van der Waals surface area contributed by atoms with E-state index in [1.807, 2.05) is 11.8 Å². The molecule has 0 aliphatic carbocycles. The lowest BCUT2D eigenvalue weighted by atomic mass is 9.98. The van der Waals surface area contributed by atoms with E-state index in [0.717, 1.165) is 19.3 Å². The predicted molar refractivity (Wildman–Crippen MR) is 138 cm³/mol. The van der Waals surface area contributed by atoms with Crippen molar-refractivity contribution in [3.8, 4) is 0 Å². The van der Waals surface area contributed by atoms with E-state index >= 15 is 0 Å². The first-order chi connectivity index (χ1) is 16.9. The van der Waals surface area contributed by atoms with E-state index in [4.69, 9.17) is 10.3 Å². The second-order valence-electron chi connectivity index (χ2n) is 9.08. The summed E-state index contributed by atoms with van der Waals surface area (Å²) < 4.78 is 6.98. The first-order valence-electron chi connectivity index (χ1n) is 12.7. The Balaban J connectivity index is 1.74. The third-order valence-electron chi connectivity index (χ3n) is 6.35. The van der Waals surface area contributed by atoms with Crippen LogP contribution in [0, 0.1) is 6.92 Å². The summed E-state index contributed by atoms with van der Waals surface area (Å²) in [7, 11) is 0. The molecule has 2 rings (SSSR count). The quantitative estimate of drug-likeness (QED) is 0.137. The fraction of sp³-hybridized carbons (Fsp3) is 0.792. The molecule has 1 aromatic heterocycles. The average molecular weight is 510 g/mol. The number of ether oxygens (including phenoxy) is 1. The summed E-state index contributed by atoms with van der Waals surface area (Å²) in [5.74, 6) is 2.10. The van der Waals surface area contributed by atoms with Crippen LogP contribution in [0.1, 0.15) is 89.3 Å². The fourth-order valence-electron chi connectivity index (χ4n) is 4.33. The minimum Gasteiger partial charge on any atom is -0.383 e. The van der Waals surface area contributed by atoms with Crippen molar-refractivity contribution in [1.82, 2.24) is 9.55 Å². The lowest BCUT2D eigenvalue weighted by Crippen LogP contribution is -2.39. The molecule has 1 fully saturated rings. The van der Waals surface area contributed by atoms with Gasteiger partial charge in [0.15, 0.2) is 5.78 Å². The average Bonchev–Trinajstić information content (AvgIpc) is 3.25. The molecule has 1 saturated heterocycles. The van der Waals surface area contributed by atoms with Crippen molar-refractivity contribution in [2.75, 3.05) is 11.5 Å². The van der Waals surface area contributed by atoms with Crippen molar-refractivity contribution in [3.05, 3.63) is 43.0 Å². The molecular formula is C24H39N5O5S. The summed E-state index contributed by atoms with van der Waals surface area (Å²) in [5, 5.41) is 14.3. The zero-order chi connectivity index (χ0) is 25.6. The van der Waals surface area contributed by atoms with Gasteiger partial charge in [-0.3, -0.25) is 19.1 Å². The van der Waals surface area contributed by atoms with Gasteiger partial charge in [0.2, 0.25) is 0 Å². The van der Waals surface area contributed by atoms with Gasteiger partial charge in [0.25, 0.3) is 5.56 Å². The van der Waals surface area contributed by atoms with E-state index in [1.54, 1.807) is 6.92 Å². The monoisotopic (exact) mass is 509 g/mol. The molecule has 0 spiro atoms.